The van der Waals surface area contributed by atoms with E-state index in [0.29, 0.717) is 6.54 Å². The van der Waals surface area contributed by atoms with Gasteiger partial charge in [0.1, 0.15) is 0 Å². The van der Waals surface area contributed by atoms with Gasteiger partial charge in [-0.05, 0) is 18.6 Å². The quantitative estimate of drug-likeness (QED) is 0.535. The molecule has 76 valence electrons. The Balaban J connectivity index is 2.31. The van der Waals surface area contributed by atoms with Gasteiger partial charge in [-0.15, -0.1) is 0 Å². The van der Waals surface area contributed by atoms with Crippen LogP contribution in [0.5, 0.6) is 0 Å². The number of carbonyl (C=O) groups is 2. The summed E-state index contributed by atoms with van der Waals surface area (Å²) in [7, 11) is 0. The Morgan fingerprint density at radius 2 is 2.36 bits per heavy atom. The molecule has 1 aromatic rings. The zero-order valence-corrected chi connectivity index (χ0v) is 7.87. The smallest absolute Gasteiger partial charge is 0.396 e. The SMILES string of the molecule is CCOC(=O)C(=O)NCc1cc[nH]c1. The van der Waals surface area contributed by atoms with E-state index in [1.807, 2.05) is 6.07 Å². The molecule has 5 nitrogen and oxygen atoms in total. The van der Waals surface area contributed by atoms with Crippen LogP contribution in [0.15, 0.2) is 18.5 Å². The fraction of sp³-hybridized carbons (Fsp3) is 0.333. The summed E-state index contributed by atoms with van der Waals surface area (Å²) < 4.78 is 4.51. The van der Waals surface area contributed by atoms with Crippen molar-refractivity contribution in [3.8, 4) is 0 Å². The minimum Gasteiger partial charge on any atom is -0.459 e. The van der Waals surface area contributed by atoms with Crippen molar-refractivity contribution in [1.29, 1.82) is 0 Å². The van der Waals surface area contributed by atoms with Gasteiger partial charge in [0.25, 0.3) is 0 Å². The van der Waals surface area contributed by atoms with Crippen molar-refractivity contribution >= 4 is 11.9 Å². The summed E-state index contributed by atoms with van der Waals surface area (Å²) in [5.74, 6) is -1.56. The van der Waals surface area contributed by atoms with Crippen LogP contribution in [0.3, 0.4) is 0 Å². The lowest BCUT2D eigenvalue weighted by atomic mass is 10.3. The Morgan fingerprint density at radius 1 is 1.57 bits per heavy atom. The Labute approximate surface area is 81.5 Å². The lowest BCUT2D eigenvalue weighted by Gasteiger charge is -2.02. The van der Waals surface area contributed by atoms with Crippen molar-refractivity contribution in [2.75, 3.05) is 6.61 Å². The van der Waals surface area contributed by atoms with Crippen LogP contribution in [0.4, 0.5) is 0 Å². The maximum absolute atomic E-state index is 11.0. The summed E-state index contributed by atoms with van der Waals surface area (Å²) in [5.41, 5.74) is 0.905. The summed E-state index contributed by atoms with van der Waals surface area (Å²) in [6.07, 6.45) is 3.48. The van der Waals surface area contributed by atoms with Gasteiger partial charge in [-0.3, -0.25) is 4.79 Å². The van der Waals surface area contributed by atoms with Crippen LogP contribution in [-0.4, -0.2) is 23.5 Å². The van der Waals surface area contributed by atoms with E-state index in [9.17, 15) is 9.59 Å². The molecule has 14 heavy (non-hydrogen) atoms. The van der Waals surface area contributed by atoms with E-state index in [0.717, 1.165) is 5.56 Å². The largest absolute Gasteiger partial charge is 0.459 e. The van der Waals surface area contributed by atoms with Crippen LogP contribution in [0.2, 0.25) is 0 Å². The summed E-state index contributed by atoms with van der Waals surface area (Å²) in [6.45, 7) is 2.18. The molecule has 0 bridgehead atoms. The molecule has 5 heteroatoms. The van der Waals surface area contributed by atoms with Crippen LogP contribution in [0, 0.1) is 0 Å². The summed E-state index contributed by atoms with van der Waals surface area (Å²) in [4.78, 5) is 24.7. The van der Waals surface area contributed by atoms with Gasteiger partial charge in [-0.25, -0.2) is 4.79 Å². The van der Waals surface area contributed by atoms with Gasteiger partial charge in [-0.1, -0.05) is 0 Å². The van der Waals surface area contributed by atoms with Crippen LogP contribution < -0.4 is 5.32 Å². The number of carbonyl (C=O) groups excluding carboxylic acids is 2. The van der Waals surface area contributed by atoms with E-state index in [2.05, 4.69) is 15.0 Å². The Bertz CT molecular complexity index is 306. The fourth-order valence-electron chi connectivity index (χ4n) is 0.920. The number of nitrogens with one attached hydrogen (secondary N) is 2. The van der Waals surface area contributed by atoms with Gasteiger partial charge in [0.05, 0.1) is 6.61 Å². The molecule has 0 fully saturated rings. The Morgan fingerprint density at radius 3 is 2.93 bits per heavy atom. The van der Waals surface area contributed by atoms with Gasteiger partial charge in [0.2, 0.25) is 0 Å². The van der Waals surface area contributed by atoms with Gasteiger partial charge >= 0.3 is 11.9 Å². The minimum absolute atomic E-state index is 0.205. The highest BCUT2D eigenvalue weighted by Crippen LogP contribution is 1.94. The topological polar surface area (TPSA) is 71.2 Å². The molecule has 1 rings (SSSR count). The highest BCUT2D eigenvalue weighted by Gasteiger charge is 2.13. The fourth-order valence-corrected chi connectivity index (χ4v) is 0.920. The van der Waals surface area contributed by atoms with E-state index in [1.165, 1.54) is 0 Å². The third-order valence-electron chi connectivity index (χ3n) is 1.58. The number of ether oxygens (including phenoxy) is 1. The number of rotatable bonds is 3. The predicted octanol–water partition coefficient (Wildman–Crippen LogP) is 0.194. The zero-order valence-electron chi connectivity index (χ0n) is 7.87. The van der Waals surface area contributed by atoms with Crippen LogP contribution in [0.1, 0.15) is 12.5 Å². The molecule has 0 radical (unpaired) electrons. The van der Waals surface area contributed by atoms with E-state index >= 15 is 0 Å². The highest BCUT2D eigenvalue weighted by atomic mass is 16.5. The molecule has 1 amide bonds. The second-order valence-electron chi connectivity index (χ2n) is 2.62. The molecule has 0 aliphatic heterocycles. The van der Waals surface area contributed by atoms with Crippen LogP contribution >= 0.6 is 0 Å². The molecule has 0 aliphatic rings. The van der Waals surface area contributed by atoms with E-state index in [-0.39, 0.29) is 6.61 Å². The van der Waals surface area contributed by atoms with Gasteiger partial charge in [0, 0.05) is 18.9 Å². The molecular weight excluding hydrogens is 184 g/mol. The molecule has 0 saturated heterocycles. The first kappa shape index (κ1) is 10.3. The van der Waals surface area contributed by atoms with Crippen molar-refractivity contribution in [2.45, 2.75) is 13.5 Å². The predicted molar refractivity (Wildman–Crippen MR) is 49.3 cm³/mol. The number of aromatic nitrogens is 1. The molecule has 1 aromatic heterocycles. The maximum Gasteiger partial charge on any atom is 0.396 e. The first-order valence-electron chi connectivity index (χ1n) is 4.30. The number of aromatic amines is 1. The molecule has 0 saturated carbocycles. The first-order valence-corrected chi connectivity index (χ1v) is 4.30. The molecule has 0 aliphatic carbocycles. The molecule has 0 spiro atoms. The lowest BCUT2D eigenvalue weighted by Crippen LogP contribution is -2.31. The summed E-state index contributed by atoms with van der Waals surface area (Å²) in [6, 6.07) is 1.81. The zero-order chi connectivity index (χ0) is 10.4. The summed E-state index contributed by atoms with van der Waals surface area (Å²) in [5, 5.41) is 2.44. The van der Waals surface area contributed by atoms with Crippen LogP contribution in [0.25, 0.3) is 0 Å². The molecule has 2 N–H and O–H groups in total. The Kier molecular flexibility index (Phi) is 3.72. The van der Waals surface area contributed by atoms with Crippen molar-refractivity contribution in [3.63, 3.8) is 0 Å². The monoisotopic (exact) mass is 196 g/mol. The maximum atomic E-state index is 11.0. The molecule has 1 heterocycles. The molecular formula is C9H12N2O3. The van der Waals surface area contributed by atoms with Crippen molar-refractivity contribution in [2.24, 2.45) is 0 Å². The minimum atomic E-state index is -0.844. The molecule has 0 atom stereocenters. The lowest BCUT2D eigenvalue weighted by molar-refractivity contribution is -0.154. The number of hydrogen-bond donors (Lipinski definition) is 2. The van der Waals surface area contributed by atoms with E-state index in [1.54, 1.807) is 19.3 Å². The molecule has 0 aromatic carbocycles. The Hall–Kier alpha value is -1.78. The first-order chi connectivity index (χ1) is 6.74. The summed E-state index contributed by atoms with van der Waals surface area (Å²) >= 11 is 0. The average molecular weight is 196 g/mol. The van der Waals surface area contributed by atoms with Gasteiger partial charge < -0.3 is 15.0 Å². The highest BCUT2D eigenvalue weighted by molar-refractivity contribution is 6.32. The standard InChI is InChI=1S/C9H12N2O3/c1-2-14-9(13)8(12)11-6-7-3-4-10-5-7/h3-5,10H,2,6H2,1H3,(H,11,12). The second kappa shape index (κ2) is 5.06. The van der Waals surface area contributed by atoms with Crippen LogP contribution in [-0.2, 0) is 20.9 Å². The number of amides is 1. The average Bonchev–Trinajstić information content (AvgIpc) is 2.67. The van der Waals surface area contributed by atoms with Crippen molar-refractivity contribution < 1.29 is 14.3 Å². The van der Waals surface area contributed by atoms with Crippen molar-refractivity contribution in [1.82, 2.24) is 10.3 Å². The second-order valence-corrected chi connectivity index (χ2v) is 2.62. The number of H-pyrrole nitrogens is 1. The number of hydrogen-bond acceptors (Lipinski definition) is 3. The van der Waals surface area contributed by atoms with E-state index < -0.39 is 11.9 Å². The van der Waals surface area contributed by atoms with Gasteiger partial charge in [-0.2, -0.15) is 0 Å². The van der Waals surface area contributed by atoms with E-state index in [4.69, 9.17) is 0 Å². The number of esters is 1. The normalized spacial score (nSPS) is 9.50. The van der Waals surface area contributed by atoms with Crippen molar-refractivity contribution in [3.05, 3.63) is 24.0 Å². The van der Waals surface area contributed by atoms with Gasteiger partial charge in [0.15, 0.2) is 0 Å². The third-order valence-corrected chi connectivity index (χ3v) is 1.58. The molecule has 0 unspecified atom stereocenters. The third kappa shape index (κ3) is 2.93.